The molecule has 0 fully saturated rings. The van der Waals surface area contributed by atoms with Crippen LogP contribution in [0.5, 0.6) is 0 Å². The quantitative estimate of drug-likeness (QED) is 0.807. The summed E-state index contributed by atoms with van der Waals surface area (Å²) in [6, 6.07) is 5.22. The number of carboxylic acid groups (broad SMARTS) is 1. The summed E-state index contributed by atoms with van der Waals surface area (Å²) >= 11 is 0. The maximum atomic E-state index is 13.1. The number of halogens is 1. The van der Waals surface area contributed by atoms with Crippen LogP contribution in [-0.4, -0.2) is 23.0 Å². The Kier molecular flexibility index (Phi) is 6.15. The van der Waals surface area contributed by atoms with Gasteiger partial charge in [0.2, 0.25) is 5.91 Å². The van der Waals surface area contributed by atoms with Gasteiger partial charge in [0.1, 0.15) is 11.9 Å². The second kappa shape index (κ2) is 7.62. The highest BCUT2D eigenvalue weighted by molar-refractivity contribution is 5.83. The summed E-state index contributed by atoms with van der Waals surface area (Å²) < 4.78 is 13.1. The standard InChI is InChI=1S/C15H20FNO3/c1-3-5-13(15(19)20)17-14(18)8-10(2)11-6-4-7-12(16)9-11/h4,6-7,9-10,13H,3,5,8H2,1-2H3,(H,17,18)(H,19,20). The first-order chi connectivity index (χ1) is 9.43. The molecule has 0 aliphatic carbocycles. The van der Waals surface area contributed by atoms with Crippen molar-refractivity contribution in [2.75, 3.05) is 0 Å². The van der Waals surface area contributed by atoms with E-state index in [0.29, 0.717) is 12.8 Å². The normalized spacial score (nSPS) is 13.6. The molecule has 0 aromatic heterocycles. The first-order valence-corrected chi connectivity index (χ1v) is 6.71. The number of hydrogen-bond acceptors (Lipinski definition) is 2. The molecule has 0 aliphatic heterocycles. The van der Waals surface area contributed by atoms with Crippen molar-refractivity contribution in [3.63, 3.8) is 0 Å². The summed E-state index contributed by atoms with van der Waals surface area (Å²) in [5, 5.41) is 11.5. The maximum Gasteiger partial charge on any atom is 0.326 e. The summed E-state index contributed by atoms with van der Waals surface area (Å²) in [7, 11) is 0. The summed E-state index contributed by atoms with van der Waals surface area (Å²) in [4.78, 5) is 22.8. The highest BCUT2D eigenvalue weighted by Crippen LogP contribution is 2.19. The lowest BCUT2D eigenvalue weighted by Crippen LogP contribution is -2.41. The molecule has 0 saturated carbocycles. The van der Waals surface area contributed by atoms with Crippen molar-refractivity contribution in [1.29, 1.82) is 0 Å². The zero-order chi connectivity index (χ0) is 15.1. The monoisotopic (exact) mass is 281 g/mol. The Morgan fingerprint density at radius 2 is 2.10 bits per heavy atom. The molecule has 1 rings (SSSR count). The number of carboxylic acids is 1. The molecule has 1 aromatic rings. The molecule has 1 aromatic carbocycles. The molecular formula is C15H20FNO3. The van der Waals surface area contributed by atoms with Crippen LogP contribution in [-0.2, 0) is 9.59 Å². The van der Waals surface area contributed by atoms with Gasteiger partial charge in [-0.1, -0.05) is 32.4 Å². The maximum absolute atomic E-state index is 13.1. The Morgan fingerprint density at radius 1 is 1.40 bits per heavy atom. The molecule has 5 heteroatoms. The predicted molar refractivity (Wildman–Crippen MR) is 73.9 cm³/mol. The van der Waals surface area contributed by atoms with Gasteiger partial charge in [-0.2, -0.15) is 0 Å². The minimum atomic E-state index is -1.03. The molecule has 0 heterocycles. The zero-order valence-electron chi connectivity index (χ0n) is 11.7. The smallest absolute Gasteiger partial charge is 0.326 e. The highest BCUT2D eigenvalue weighted by atomic mass is 19.1. The number of hydrogen-bond donors (Lipinski definition) is 2. The summed E-state index contributed by atoms with van der Waals surface area (Å²) in [6.07, 6.45) is 1.21. The van der Waals surface area contributed by atoms with Gasteiger partial charge >= 0.3 is 5.97 Å². The van der Waals surface area contributed by atoms with Crippen LogP contribution in [0.25, 0.3) is 0 Å². The SMILES string of the molecule is CCCC(NC(=O)CC(C)c1cccc(F)c1)C(=O)O. The van der Waals surface area contributed by atoms with E-state index in [1.807, 2.05) is 13.8 Å². The van der Waals surface area contributed by atoms with Crippen molar-refractivity contribution >= 4 is 11.9 Å². The van der Waals surface area contributed by atoms with E-state index in [0.717, 1.165) is 5.56 Å². The zero-order valence-corrected chi connectivity index (χ0v) is 11.7. The predicted octanol–water partition coefficient (Wildman–Crippen LogP) is 2.69. The lowest BCUT2D eigenvalue weighted by atomic mass is 9.97. The third kappa shape index (κ3) is 4.99. The largest absolute Gasteiger partial charge is 0.480 e. The van der Waals surface area contributed by atoms with Crippen LogP contribution in [0.3, 0.4) is 0 Å². The average Bonchev–Trinajstić information content (AvgIpc) is 2.38. The van der Waals surface area contributed by atoms with Crippen LogP contribution < -0.4 is 5.32 Å². The molecule has 20 heavy (non-hydrogen) atoms. The average molecular weight is 281 g/mol. The number of aliphatic carboxylic acids is 1. The molecule has 0 bridgehead atoms. The molecule has 2 N–H and O–H groups in total. The van der Waals surface area contributed by atoms with Crippen LogP contribution in [0.2, 0.25) is 0 Å². The second-order valence-corrected chi connectivity index (χ2v) is 4.91. The molecular weight excluding hydrogens is 261 g/mol. The Hall–Kier alpha value is -1.91. The lowest BCUT2D eigenvalue weighted by Gasteiger charge is -2.16. The van der Waals surface area contributed by atoms with Crippen molar-refractivity contribution in [3.05, 3.63) is 35.6 Å². The van der Waals surface area contributed by atoms with Gasteiger partial charge in [0.15, 0.2) is 0 Å². The van der Waals surface area contributed by atoms with Crippen LogP contribution in [0, 0.1) is 5.82 Å². The van der Waals surface area contributed by atoms with Crippen molar-refractivity contribution in [2.24, 2.45) is 0 Å². The minimum Gasteiger partial charge on any atom is -0.480 e. The lowest BCUT2D eigenvalue weighted by molar-refractivity contribution is -0.142. The third-order valence-corrected chi connectivity index (χ3v) is 3.12. The van der Waals surface area contributed by atoms with E-state index in [1.54, 1.807) is 12.1 Å². The van der Waals surface area contributed by atoms with Gasteiger partial charge in [-0.25, -0.2) is 9.18 Å². The van der Waals surface area contributed by atoms with Crippen LogP contribution in [0.1, 0.15) is 44.6 Å². The number of nitrogens with one attached hydrogen (secondary N) is 1. The van der Waals surface area contributed by atoms with Crippen LogP contribution in [0.15, 0.2) is 24.3 Å². The molecule has 2 unspecified atom stereocenters. The molecule has 2 atom stereocenters. The first-order valence-electron chi connectivity index (χ1n) is 6.71. The van der Waals surface area contributed by atoms with Crippen molar-refractivity contribution in [3.8, 4) is 0 Å². The molecule has 1 amide bonds. The molecule has 0 radical (unpaired) electrons. The Labute approximate surface area is 118 Å². The van der Waals surface area contributed by atoms with Gasteiger partial charge in [-0.3, -0.25) is 4.79 Å². The molecule has 0 spiro atoms. The van der Waals surface area contributed by atoms with E-state index in [9.17, 15) is 14.0 Å². The van der Waals surface area contributed by atoms with Gasteiger partial charge in [0.05, 0.1) is 0 Å². The fourth-order valence-electron chi connectivity index (χ4n) is 2.01. The summed E-state index contributed by atoms with van der Waals surface area (Å²) in [5.74, 6) is -1.87. The topological polar surface area (TPSA) is 66.4 Å². The van der Waals surface area contributed by atoms with E-state index >= 15 is 0 Å². The summed E-state index contributed by atoms with van der Waals surface area (Å²) in [6.45, 7) is 3.67. The Bertz CT molecular complexity index is 476. The van der Waals surface area contributed by atoms with E-state index in [4.69, 9.17) is 5.11 Å². The third-order valence-electron chi connectivity index (χ3n) is 3.12. The molecule has 0 saturated heterocycles. The van der Waals surface area contributed by atoms with E-state index < -0.39 is 12.0 Å². The number of carbonyl (C=O) groups excluding carboxylic acids is 1. The molecule has 110 valence electrons. The fourth-order valence-corrected chi connectivity index (χ4v) is 2.01. The first kappa shape index (κ1) is 16.1. The molecule has 0 aliphatic rings. The number of rotatable bonds is 7. The van der Waals surface area contributed by atoms with Crippen molar-refractivity contribution in [1.82, 2.24) is 5.32 Å². The number of benzene rings is 1. The van der Waals surface area contributed by atoms with E-state index in [1.165, 1.54) is 12.1 Å². The van der Waals surface area contributed by atoms with Gasteiger partial charge in [0.25, 0.3) is 0 Å². The van der Waals surface area contributed by atoms with Crippen molar-refractivity contribution < 1.29 is 19.1 Å². The van der Waals surface area contributed by atoms with Gasteiger partial charge in [-0.05, 0) is 30.0 Å². The number of carbonyl (C=O) groups is 2. The minimum absolute atomic E-state index is 0.136. The van der Waals surface area contributed by atoms with Crippen molar-refractivity contribution in [2.45, 2.75) is 45.1 Å². The van der Waals surface area contributed by atoms with Crippen LogP contribution >= 0.6 is 0 Å². The van der Waals surface area contributed by atoms with E-state index in [2.05, 4.69) is 5.32 Å². The Balaban J connectivity index is 2.59. The van der Waals surface area contributed by atoms with Crippen LogP contribution in [0.4, 0.5) is 4.39 Å². The summed E-state index contributed by atoms with van der Waals surface area (Å²) in [5.41, 5.74) is 0.725. The van der Waals surface area contributed by atoms with E-state index in [-0.39, 0.29) is 24.1 Å². The van der Waals surface area contributed by atoms with Gasteiger partial charge < -0.3 is 10.4 Å². The second-order valence-electron chi connectivity index (χ2n) is 4.91. The fraction of sp³-hybridized carbons (Fsp3) is 0.467. The van der Waals surface area contributed by atoms with Gasteiger partial charge in [0, 0.05) is 6.42 Å². The number of amides is 1. The highest BCUT2D eigenvalue weighted by Gasteiger charge is 2.20. The van der Waals surface area contributed by atoms with Gasteiger partial charge in [-0.15, -0.1) is 0 Å². The molecule has 4 nitrogen and oxygen atoms in total. The Morgan fingerprint density at radius 3 is 2.65 bits per heavy atom.